The van der Waals surface area contributed by atoms with E-state index < -0.39 is 0 Å². The van der Waals surface area contributed by atoms with Gasteiger partial charge in [0.05, 0.1) is 18.8 Å². The number of nitrogens with one attached hydrogen (secondary N) is 2. The molecule has 0 saturated heterocycles. The predicted octanol–water partition coefficient (Wildman–Crippen LogP) is 2.08. The number of hydrogen-bond donors (Lipinski definition) is 2. The van der Waals surface area contributed by atoms with Crippen molar-refractivity contribution in [1.29, 1.82) is 0 Å². The van der Waals surface area contributed by atoms with Crippen LogP contribution in [0.25, 0.3) is 0 Å². The van der Waals surface area contributed by atoms with E-state index in [1.165, 1.54) is 0 Å². The molecular weight excluding hydrogens is 230 g/mol. The van der Waals surface area contributed by atoms with Crippen molar-refractivity contribution in [3.63, 3.8) is 0 Å². The highest BCUT2D eigenvalue weighted by Crippen LogP contribution is 2.19. The molecule has 1 atom stereocenters. The lowest BCUT2D eigenvalue weighted by atomic mass is 10.2. The van der Waals surface area contributed by atoms with Crippen LogP contribution in [0.5, 0.6) is 5.88 Å². The molecule has 2 heterocycles. The number of anilines is 1. The number of ether oxygens (including phenoxy) is 1. The fourth-order valence-corrected chi connectivity index (χ4v) is 1.64. The lowest BCUT2D eigenvalue weighted by Crippen LogP contribution is -2.09. The third kappa shape index (κ3) is 2.97. The first-order valence-corrected chi connectivity index (χ1v) is 5.92. The van der Waals surface area contributed by atoms with E-state index in [2.05, 4.69) is 25.5 Å². The van der Waals surface area contributed by atoms with Crippen LogP contribution in [0, 0.1) is 6.92 Å². The molecule has 2 rings (SSSR count). The molecule has 96 valence electrons. The van der Waals surface area contributed by atoms with Gasteiger partial charge in [0.2, 0.25) is 5.88 Å². The number of nitrogens with zero attached hydrogens (tertiary/aromatic N) is 3. The molecule has 2 aromatic heterocycles. The monoisotopic (exact) mass is 247 g/mol. The van der Waals surface area contributed by atoms with Crippen LogP contribution in [0.15, 0.2) is 18.5 Å². The smallest absolute Gasteiger partial charge is 0.218 e. The summed E-state index contributed by atoms with van der Waals surface area (Å²) in [6, 6.07) is 1.92. The Labute approximate surface area is 106 Å². The van der Waals surface area contributed by atoms with E-state index in [9.17, 15) is 0 Å². The standard InChI is InChI=1S/C12H17N5O/c1-4-18-12-5-11(16-9(3)17-12)15-8(2)10-6-13-14-7-10/h5-8H,4H2,1-3H3,(H,13,14)(H,15,16,17). The fraction of sp³-hybridized carbons (Fsp3) is 0.417. The average Bonchev–Trinajstić information content (AvgIpc) is 2.81. The summed E-state index contributed by atoms with van der Waals surface area (Å²) in [4.78, 5) is 8.53. The summed E-state index contributed by atoms with van der Waals surface area (Å²) in [6.45, 7) is 6.41. The summed E-state index contributed by atoms with van der Waals surface area (Å²) in [7, 11) is 0. The minimum atomic E-state index is 0.118. The first-order chi connectivity index (χ1) is 8.69. The van der Waals surface area contributed by atoms with Gasteiger partial charge < -0.3 is 10.1 Å². The molecule has 2 aromatic rings. The number of aryl methyl sites for hydroxylation is 1. The Hall–Kier alpha value is -2.11. The zero-order valence-electron chi connectivity index (χ0n) is 10.8. The molecular formula is C12H17N5O. The van der Waals surface area contributed by atoms with Gasteiger partial charge in [-0.25, -0.2) is 4.98 Å². The number of H-pyrrole nitrogens is 1. The SMILES string of the molecule is CCOc1cc(NC(C)c2cn[nH]c2)nc(C)n1. The largest absolute Gasteiger partial charge is 0.478 e. The van der Waals surface area contributed by atoms with Crippen molar-refractivity contribution < 1.29 is 4.74 Å². The third-order valence-electron chi connectivity index (χ3n) is 2.49. The number of hydrogen-bond acceptors (Lipinski definition) is 5. The van der Waals surface area contributed by atoms with Crippen LogP contribution in [0.4, 0.5) is 5.82 Å². The molecule has 2 N–H and O–H groups in total. The molecule has 0 radical (unpaired) electrons. The highest BCUT2D eigenvalue weighted by molar-refractivity contribution is 5.40. The number of aromatic amines is 1. The van der Waals surface area contributed by atoms with E-state index in [0.717, 1.165) is 11.4 Å². The van der Waals surface area contributed by atoms with E-state index in [0.29, 0.717) is 18.3 Å². The quantitative estimate of drug-likeness (QED) is 0.846. The Bertz CT molecular complexity index is 497. The van der Waals surface area contributed by atoms with Crippen molar-refractivity contribution in [3.05, 3.63) is 29.8 Å². The highest BCUT2D eigenvalue weighted by atomic mass is 16.5. The van der Waals surface area contributed by atoms with Crippen molar-refractivity contribution in [2.45, 2.75) is 26.8 Å². The van der Waals surface area contributed by atoms with E-state index in [-0.39, 0.29) is 6.04 Å². The van der Waals surface area contributed by atoms with Gasteiger partial charge in [-0.1, -0.05) is 0 Å². The van der Waals surface area contributed by atoms with Gasteiger partial charge in [0.1, 0.15) is 11.6 Å². The van der Waals surface area contributed by atoms with Crippen molar-refractivity contribution in [2.75, 3.05) is 11.9 Å². The molecule has 18 heavy (non-hydrogen) atoms. The predicted molar refractivity (Wildman–Crippen MR) is 68.6 cm³/mol. The van der Waals surface area contributed by atoms with Crippen molar-refractivity contribution >= 4 is 5.82 Å². The topological polar surface area (TPSA) is 75.7 Å². The van der Waals surface area contributed by atoms with E-state index in [1.807, 2.05) is 27.0 Å². The van der Waals surface area contributed by atoms with E-state index in [4.69, 9.17) is 4.74 Å². The Morgan fingerprint density at radius 3 is 2.94 bits per heavy atom. The maximum Gasteiger partial charge on any atom is 0.218 e. The fourth-order valence-electron chi connectivity index (χ4n) is 1.64. The summed E-state index contributed by atoms with van der Waals surface area (Å²) in [6.07, 6.45) is 3.64. The summed E-state index contributed by atoms with van der Waals surface area (Å²) in [5.74, 6) is 2.02. The molecule has 0 fully saturated rings. The van der Waals surface area contributed by atoms with Crippen LogP contribution >= 0.6 is 0 Å². The van der Waals surface area contributed by atoms with Crippen molar-refractivity contribution in [2.24, 2.45) is 0 Å². The second-order valence-corrected chi connectivity index (χ2v) is 3.97. The lowest BCUT2D eigenvalue weighted by molar-refractivity contribution is 0.325. The number of rotatable bonds is 5. The normalized spacial score (nSPS) is 12.2. The second kappa shape index (κ2) is 5.48. The van der Waals surface area contributed by atoms with Gasteiger partial charge in [0.25, 0.3) is 0 Å². The first kappa shape index (κ1) is 12.3. The number of aromatic nitrogens is 4. The maximum atomic E-state index is 5.39. The van der Waals surface area contributed by atoms with E-state index in [1.54, 1.807) is 12.3 Å². The Kier molecular flexibility index (Phi) is 3.76. The first-order valence-electron chi connectivity index (χ1n) is 5.92. The molecule has 0 bridgehead atoms. The molecule has 6 nitrogen and oxygen atoms in total. The Morgan fingerprint density at radius 1 is 1.44 bits per heavy atom. The van der Waals surface area contributed by atoms with Gasteiger partial charge >= 0.3 is 0 Å². The molecule has 1 unspecified atom stereocenters. The summed E-state index contributed by atoms with van der Waals surface area (Å²) in [5, 5.41) is 10.0. The summed E-state index contributed by atoms with van der Waals surface area (Å²) >= 11 is 0. The second-order valence-electron chi connectivity index (χ2n) is 3.97. The highest BCUT2D eigenvalue weighted by Gasteiger charge is 2.09. The van der Waals surface area contributed by atoms with Gasteiger partial charge in [-0.05, 0) is 20.8 Å². The molecule has 0 amide bonds. The summed E-state index contributed by atoms with van der Waals surface area (Å²) in [5.41, 5.74) is 1.07. The van der Waals surface area contributed by atoms with E-state index >= 15 is 0 Å². The van der Waals surface area contributed by atoms with Crippen LogP contribution in [0.1, 0.15) is 31.3 Å². The minimum Gasteiger partial charge on any atom is -0.478 e. The van der Waals surface area contributed by atoms with Crippen LogP contribution in [-0.2, 0) is 0 Å². The molecule has 0 saturated carbocycles. The van der Waals surface area contributed by atoms with Gasteiger partial charge in [-0.2, -0.15) is 10.1 Å². The lowest BCUT2D eigenvalue weighted by Gasteiger charge is -2.13. The molecule has 0 aliphatic carbocycles. The van der Waals surface area contributed by atoms with Gasteiger partial charge in [-0.3, -0.25) is 5.10 Å². The van der Waals surface area contributed by atoms with Crippen LogP contribution in [-0.4, -0.2) is 26.8 Å². The zero-order chi connectivity index (χ0) is 13.0. The zero-order valence-corrected chi connectivity index (χ0v) is 10.8. The molecule has 0 aliphatic rings. The molecule has 0 aromatic carbocycles. The average molecular weight is 247 g/mol. The van der Waals surface area contributed by atoms with Crippen LogP contribution < -0.4 is 10.1 Å². The van der Waals surface area contributed by atoms with Crippen LogP contribution in [0.3, 0.4) is 0 Å². The van der Waals surface area contributed by atoms with Crippen molar-refractivity contribution in [3.8, 4) is 5.88 Å². The maximum absolute atomic E-state index is 5.39. The Morgan fingerprint density at radius 2 is 2.28 bits per heavy atom. The van der Waals surface area contributed by atoms with Crippen molar-refractivity contribution in [1.82, 2.24) is 20.2 Å². The third-order valence-corrected chi connectivity index (χ3v) is 2.49. The molecule has 6 heteroatoms. The van der Waals surface area contributed by atoms with Gasteiger partial charge in [-0.15, -0.1) is 0 Å². The molecule has 0 spiro atoms. The summed E-state index contributed by atoms with van der Waals surface area (Å²) < 4.78 is 5.39. The van der Waals surface area contributed by atoms with Gasteiger partial charge in [0, 0.05) is 17.8 Å². The Balaban J connectivity index is 2.13. The minimum absolute atomic E-state index is 0.118. The molecule has 0 aliphatic heterocycles. The van der Waals surface area contributed by atoms with Gasteiger partial charge in [0.15, 0.2) is 0 Å². The van der Waals surface area contributed by atoms with Crippen LogP contribution in [0.2, 0.25) is 0 Å².